The van der Waals surface area contributed by atoms with E-state index in [0.717, 1.165) is 16.9 Å². The first-order chi connectivity index (χ1) is 13.7. The normalized spacial score (nSPS) is 14.1. The van der Waals surface area contributed by atoms with Crippen LogP contribution in [0.1, 0.15) is 22.1 Å². The van der Waals surface area contributed by atoms with Gasteiger partial charge in [-0.15, -0.1) is 0 Å². The van der Waals surface area contributed by atoms with Gasteiger partial charge in [-0.05, 0) is 30.3 Å². The largest absolute Gasteiger partial charge is 0.441 e. The molecule has 0 fully saturated rings. The molecule has 0 bridgehead atoms. The van der Waals surface area contributed by atoms with Gasteiger partial charge in [0, 0.05) is 50.0 Å². The average Bonchev–Trinajstić information content (AvgIpc) is 3.24. The van der Waals surface area contributed by atoms with Gasteiger partial charge in [-0.3, -0.25) is 9.78 Å². The summed E-state index contributed by atoms with van der Waals surface area (Å²) in [7, 11) is 0. The maximum Gasteiger partial charge on any atom is 0.254 e. The number of amides is 1. The highest BCUT2D eigenvalue weighted by molar-refractivity contribution is 5.97. The summed E-state index contributed by atoms with van der Waals surface area (Å²) in [6.07, 6.45) is 4.14. The van der Waals surface area contributed by atoms with Gasteiger partial charge in [-0.25, -0.2) is 14.6 Å². The molecule has 0 radical (unpaired) electrons. The van der Waals surface area contributed by atoms with Crippen molar-refractivity contribution in [2.75, 3.05) is 13.1 Å². The molecule has 0 unspecified atom stereocenters. The Morgan fingerprint density at radius 3 is 2.93 bits per heavy atom. The summed E-state index contributed by atoms with van der Waals surface area (Å²) in [4.78, 5) is 27.9. The lowest BCUT2D eigenvalue weighted by atomic mass is 10.1. The van der Waals surface area contributed by atoms with Crippen LogP contribution in [0.3, 0.4) is 0 Å². The fraction of sp³-hybridized carbons (Fsp3) is 0.250. The molecule has 4 heterocycles. The molecular weight excluding hydrogens is 356 g/mol. The van der Waals surface area contributed by atoms with Gasteiger partial charge in [0.05, 0.1) is 6.54 Å². The summed E-state index contributed by atoms with van der Waals surface area (Å²) in [6, 6.07) is 9.20. The van der Waals surface area contributed by atoms with Crippen LogP contribution in [0.2, 0.25) is 0 Å². The molecule has 28 heavy (non-hydrogen) atoms. The zero-order chi connectivity index (χ0) is 19.1. The molecule has 3 aromatic heterocycles. The van der Waals surface area contributed by atoms with E-state index in [1.165, 1.54) is 0 Å². The molecule has 1 aromatic carbocycles. The Hall–Kier alpha value is -3.55. The summed E-state index contributed by atoms with van der Waals surface area (Å²) >= 11 is 0. The zero-order valence-electron chi connectivity index (χ0n) is 15.4. The molecule has 5 rings (SSSR count). The Bertz CT molecular complexity index is 1140. The number of carbonyl (C=O) groups is 1. The fourth-order valence-electron chi connectivity index (χ4n) is 3.48. The first kappa shape index (κ1) is 16.6. The van der Waals surface area contributed by atoms with Gasteiger partial charge in [-0.1, -0.05) is 0 Å². The maximum absolute atomic E-state index is 13.0. The monoisotopic (exact) mass is 374 g/mol. The third kappa shape index (κ3) is 2.92. The molecule has 140 valence electrons. The molecule has 1 amide bonds. The molecule has 8 heteroatoms. The molecule has 0 atom stereocenters. The topological polar surface area (TPSA) is 89.9 Å². The van der Waals surface area contributed by atoms with E-state index in [0.29, 0.717) is 48.9 Å². The van der Waals surface area contributed by atoms with E-state index in [1.807, 2.05) is 27.8 Å². The number of rotatable bonds is 2. The summed E-state index contributed by atoms with van der Waals surface area (Å²) in [5.74, 6) is 2.13. The number of oxazole rings is 1. The second-order valence-electron chi connectivity index (χ2n) is 6.77. The highest BCUT2D eigenvalue weighted by atomic mass is 16.3. The number of hydrogen-bond donors (Lipinski definition) is 0. The van der Waals surface area contributed by atoms with Crippen LogP contribution < -0.4 is 0 Å². The highest BCUT2D eigenvalue weighted by Gasteiger charge is 2.22. The van der Waals surface area contributed by atoms with Gasteiger partial charge in [0.15, 0.2) is 17.3 Å². The Morgan fingerprint density at radius 2 is 2.07 bits per heavy atom. The summed E-state index contributed by atoms with van der Waals surface area (Å²) < 4.78 is 7.44. The molecule has 1 aliphatic heterocycles. The molecule has 1 aliphatic rings. The van der Waals surface area contributed by atoms with E-state index in [4.69, 9.17) is 4.42 Å². The van der Waals surface area contributed by atoms with Crippen molar-refractivity contribution in [3.8, 4) is 11.4 Å². The Kier molecular flexibility index (Phi) is 3.89. The number of aryl methyl sites for hydroxylation is 1. The molecule has 0 N–H and O–H groups in total. The van der Waals surface area contributed by atoms with Crippen molar-refractivity contribution in [1.29, 1.82) is 0 Å². The van der Waals surface area contributed by atoms with Gasteiger partial charge < -0.3 is 9.32 Å². The number of nitrogens with zero attached hydrogens (tertiary/aromatic N) is 6. The van der Waals surface area contributed by atoms with Crippen LogP contribution in [0.5, 0.6) is 0 Å². The Balaban J connectivity index is 1.35. The van der Waals surface area contributed by atoms with Crippen molar-refractivity contribution in [2.45, 2.75) is 19.9 Å². The second kappa shape index (κ2) is 6.56. The summed E-state index contributed by atoms with van der Waals surface area (Å²) in [5, 5.41) is 4.60. The SMILES string of the molecule is Cc1nc2ccc(C(=O)N3CCc4nc(-c5cccnc5)nn4CC3)cc2o1. The Labute approximate surface area is 160 Å². The van der Waals surface area contributed by atoms with Gasteiger partial charge in [0.1, 0.15) is 11.3 Å². The minimum Gasteiger partial charge on any atom is -0.441 e. The van der Waals surface area contributed by atoms with Crippen molar-refractivity contribution >= 4 is 17.0 Å². The van der Waals surface area contributed by atoms with Crippen LogP contribution in [-0.2, 0) is 13.0 Å². The molecule has 0 spiro atoms. The fourth-order valence-corrected chi connectivity index (χ4v) is 3.48. The lowest BCUT2D eigenvalue weighted by Crippen LogP contribution is -2.33. The van der Waals surface area contributed by atoms with Gasteiger partial charge in [-0.2, -0.15) is 5.10 Å². The third-order valence-corrected chi connectivity index (χ3v) is 4.88. The lowest BCUT2D eigenvalue weighted by Gasteiger charge is -2.19. The zero-order valence-corrected chi connectivity index (χ0v) is 15.4. The molecule has 8 nitrogen and oxygen atoms in total. The van der Waals surface area contributed by atoms with Crippen molar-refractivity contribution in [1.82, 2.24) is 29.6 Å². The lowest BCUT2D eigenvalue weighted by molar-refractivity contribution is 0.0758. The van der Waals surface area contributed by atoms with E-state index < -0.39 is 0 Å². The maximum atomic E-state index is 13.0. The summed E-state index contributed by atoms with van der Waals surface area (Å²) in [5.41, 5.74) is 2.89. The molecule has 0 saturated heterocycles. The standard InChI is InChI=1S/C20H18N6O2/c1-13-22-16-5-4-14(11-17(16)28-13)20(27)25-8-6-18-23-19(24-26(18)10-9-25)15-3-2-7-21-12-15/h2-5,7,11-12H,6,8-10H2,1H3. The van der Waals surface area contributed by atoms with E-state index in [-0.39, 0.29) is 5.91 Å². The van der Waals surface area contributed by atoms with E-state index in [2.05, 4.69) is 20.1 Å². The van der Waals surface area contributed by atoms with E-state index >= 15 is 0 Å². The smallest absolute Gasteiger partial charge is 0.254 e. The highest BCUT2D eigenvalue weighted by Crippen LogP contribution is 2.20. The molecule has 0 aliphatic carbocycles. The number of fused-ring (bicyclic) bond motifs is 2. The van der Waals surface area contributed by atoms with Crippen LogP contribution in [0.4, 0.5) is 0 Å². The minimum absolute atomic E-state index is 0.0193. The van der Waals surface area contributed by atoms with Crippen LogP contribution in [0, 0.1) is 6.92 Å². The van der Waals surface area contributed by atoms with Crippen molar-refractivity contribution in [3.63, 3.8) is 0 Å². The number of hydrogen-bond acceptors (Lipinski definition) is 6. The van der Waals surface area contributed by atoms with E-state index in [9.17, 15) is 4.79 Å². The van der Waals surface area contributed by atoms with Crippen molar-refractivity contribution < 1.29 is 9.21 Å². The third-order valence-electron chi connectivity index (χ3n) is 4.88. The van der Waals surface area contributed by atoms with Gasteiger partial charge in [0.2, 0.25) is 0 Å². The minimum atomic E-state index is -0.0193. The predicted octanol–water partition coefficient (Wildman–Crippen LogP) is 2.49. The average molecular weight is 374 g/mol. The predicted molar refractivity (Wildman–Crippen MR) is 102 cm³/mol. The quantitative estimate of drug-likeness (QED) is 0.535. The number of pyridine rings is 1. The molecular formula is C20H18N6O2. The molecule has 4 aromatic rings. The van der Waals surface area contributed by atoms with Crippen LogP contribution in [0.15, 0.2) is 47.1 Å². The van der Waals surface area contributed by atoms with Crippen molar-refractivity contribution in [3.05, 3.63) is 60.0 Å². The first-order valence-electron chi connectivity index (χ1n) is 9.18. The number of benzene rings is 1. The van der Waals surface area contributed by atoms with Gasteiger partial charge >= 0.3 is 0 Å². The van der Waals surface area contributed by atoms with E-state index in [1.54, 1.807) is 31.5 Å². The number of aromatic nitrogens is 5. The van der Waals surface area contributed by atoms with Crippen molar-refractivity contribution in [2.24, 2.45) is 0 Å². The van der Waals surface area contributed by atoms with Crippen LogP contribution in [-0.4, -0.2) is 48.6 Å². The first-order valence-corrected chi connectivity index (χ1v) is 9.18. The van der Waals surface area contributed by atoms with Crippen LogP contribution >= 0.6 is 0 Å². The summed E-state index contributed by atoms with van der Waals surface area (Å²) in [6.45, 7) is 3.58. The molecule has 0 saturated carbocycles. The number of carbonyl (C=O) groups excluding carboxylic acids is 1. The Morgan fingerprint density at radius 1 is 1.14 bits per heavy atom. The van der Waals surface area contributed by atoms with Gasteiger partial charge in [0.25, 0.3) is 5.91 Å². The second-order valence-corrected chi connectivity index (χ2v) is 6.77. The van der Waals surface area contributed by atoms with Crippen LogP contribution in [0.25, 0.3) is 22.5 Å².